The van der Waals surface area contributed by atoms with Crippen LogP contribution in [0, 0.1) is 0 Å². The van der Waals surface area contributed by atoms with Crippen molar-refractivity contribution in [1.29, 1.82) is 0 Å². The third kappa shape index (κ3) is 4.86. The fourth-order valence-electron chi connectivity index (χ4n) is 9.27. The minimum Gasteiger partial charge on any atom is -0.309 e. The molecule has 0 atom stereocenters. The van der Waals surface area contributed by atoms with Crippen molar-refractivity contribution in [2.24, 2.45) is 0 Å². The zero-order chi connectivity index (χ0) is 37.5. The van der Waals surface area contributed by atoms with Crippen molar-refractivity contribution >= 4 is 65.4 Å². The van der Waals surface area contributed by atoms with E-state index in [0.29, 0.717) is 0 Å². The number of rotatable bonds is 5. The van der Waals surface area contributed by atoms with Crippen LogP contribution in [0.1, 0.15) is 0 Å². The molecule has 0 saturated heterocycles. The fraction of sp³-hybridized carbons (Fsp3) is 0. The Morgan fingerprint density at radius 2 is 0.526 bits per heavy atom. The molecule has 12 rings (SSSR count). The Labute approximate surface area is 329 Å². The molecule has 0 aliphatic carbocycles. The molecular weight excluding hydrogens is 691 g/mol. The molecule has 57 heavy (non-hydrogen) atoms. The molecule has 0 amide bonds. The molecule has 3 aromatic heterocycles. The van der Waals surface area contributed by atoms with Gasteiger partial charge in [-0.2, -0.15) is 0 Å². The normalized spacial score (nSPS) is 11.9. The lowest BCUT2D eigenvalue weighted by Crippen LogP contribution is -1.96. The minimum absolute atomic E-state index is 1.13. The number of nitrogens with zero attached hydrogens (tertiary/aromatic N) is 3. The SMILES string of the molecule is c1ccc(-c2ccc(-c3cccc(-n4c5ccc(-n6c7ccccc7c7ccccc76)cc5c5cc(-n6c7ccccc7c7ccccc76)ccc54)c3)cc2)cc1. The van der Waals surface area contributed by atoms with Crippen molar-refractivity contribution in [2.45, 2.75) is 0 Å². The second-order valence-electron chi connectivity index (χ2n) is 15.0. The molecule has 0 bridgehead atoms. The molecule has 266 valence electrons. The fourth-order valence-corrected chi connectivity index (χ4v) is 9.27. The highest BCUT2D eigenvalue weighted by atomic mass is 15.0. The molecular formula is C54H35N3. The van der Waals surface area contributed by atoms with Gasteiger partial charge in [-0.1, -0.05) is 140 Å². The molecule has 3 heteroatoms. The zero-order valence-corrected chi connectivity index (χ0v) is 31.0. The molecule has 3 nitrogen and oxygen atoms in total. The van der Waals surface area contributed by atoms with E-state index in [1.54, 1.807) is 0 Å². The summed E-state index contributed by atoms with van der Waals surface area (Å²) < 4.78 is 7.28. The first kappa shape index (κ1) is 31.7. The van der Waals surface area contributed by atoms with Crippen LogP contribution in [0.3, 0.4) is 0 Å². The summed E-state index contributed by atoms with van der Waals surface area (Å²) in [6.45, 7) is 0. The monoisotopic (exact) mass is 725 g/mol. The molecule has 0 aliphatic rings. The quantitative estimate of drug-likeness (QED) is 0.168. The summed E-state index contributed by atoms with van der Waals surface area (Å²) in [5.41, 5.74) is 15.4. The topological polar surface area (TPSA) is 14.8 Å². The predicted octanol–water partition coefficient (Wildman–Crippen LogP) is 14.3. The molecule has 0 fully saturated rings. The van der Waals surface area contributed by atoms with Gasteiger partial charge in [-0.05, 0) is 95.1 Å². The number of hydrogen-bond donors (Lipinski definition) is 0. The lowest BCUT2D eigenvalue weighted by atomic mass is 10.00. The molecule has 3 heterocycles. The molecule has 0 N–H and O–H groups in total. The van der Waals surface area contributed by atoms with E-state index in [0.717, 1.165) is 17.1 Å². The summed E-state index contributed by atoms with van der Waals surface area (Å²) in [6, 6.07) is 77.5. The Balaban J connectivity index is 1.09. The highest BCUT2D eigenvalue weighted by molar-refractivity contribution is 6.14. The Morgan fingerprint density at radius 3 is 0.982 bits per heavy atom. The van der Waals surface area contributed by atoms with E-state index in [9.17, 15) is 0 Å². The molecule has 0 radical (unpaired) electrons. The number of fused-ring (bicyclic) bond motifs is 9. The van der Waals surface area contributed by atoms with Crippen molar-refractivity contribution in [3.63, 3.8) is 0 Å². The third-order valence-electron chi connectivity index (χ3n) is 11.8. The second-order valence-corrected chi connectivity index (χ2v) is 15.0. The van der Waals surface area contributed by atoms with Crippen LogP contribution in [0.2, 0.25) is 0 Å². The summed E-state index contributed by atoms with van der Waals surface area (Å²) >= 11 is 0. The summed E-state index contributed by atoms with van der Waals surface area (Å²) in [7, 11) is 0. The molecule has 12 aromatic rings. The van der Waals surface area contributed by atoms with E-state index in [1.165, 1.54) is 87.7 Å². The summed E-state index contributed by atoms with van der Waals surface area (Å²) in [5.74, 6) is 0. The van der Waals surface area contributed by atoms with Crippen LogP contribution in [0.5, 0.6) is 0 Å². The Kier molecular flexibility index (Phi) is 6.93. The van der Waals surface area contributed by atoms with Crippen molar-refractivity contribution in [3.8, 4) is 39.3 Å². The van der Waals surface area contributed by atoms with Crippen LogP contribution in [-0.4, -0.2) is 13.7 Å². The number of benzene rings is 9. The summed E-state index contributed by atoms with van der Waals surface area (Å²) in [5, 5.41) is 7.47. The van der Waals surface area contributed by atoms with Gasteiger partial charge in [0.25, 0.3) is 0 Å². The van der Waals surface area contributed by atoms with E-state index in [-0.39, 0.29) is 0 Å². The van der Waals surface area contributed by atoms with Crippen LogP contribution in [0.25, 0.3) is 105 Å². The van der Waals surface area contributed by atoms with Gasteiger partial charge < -0.3 is 13.7 Å². The van der Waals surface area contributed by atoms with Crippen LogP contribution in [0.15, 0.2) is 212 Å². The maximum Gasteiger partial charge on any atom is 0.0542 e. The highest BCUT2D eigenvalue weighted by Gasteiger charge is 2.19. The first-order valence-corrected chi connectivity index (χ1v) is 19.6. The smallest absolute Gasteiger partial charge is 0.0542 e. The van der Waals surface area contributed by atoms with E-state index in [4.69, 9.17) is 0 Å². The van der Waals surface area contributed by atoms with E-state index in [2.05, 4.69) is 226 Å². The van der Waals surface area contributed by atoms with Gasteiger partial charge in [-0.25, -0.2) is 0 Å². The highest BCUT2D eigenvalue weighted by Crippen LogP contribution is 2.40. The number of aromatic nitrogens is 3. The van der Waals surface area contributed by atoms with Crippen molar-refractivity contribution in [1.82, 2.24) is 13.7 Å². The average molecular weight is 726 g/mol. The van der Waals surface area contributed by atoms with Gasteiger partial charge >= 0.3 is 0 Å². The van der Waals surface area contributed by atoms with Gasteiger partial charge in [0.15, 0.2) is 0 Å². The third-order valence-corrected chi connectivity index (χ3v) is 11.8. The number of hydrogen-bond acceptors (Lipinski definition) is 0. The lowest BCUT2D eigenvalue weighted by Gasteiger charge is -2.12. The van der Waals surface area contributed by atoms with E-state index >= 15 is 0 Å². The summed E-state index contributed by atoms with van der Waals surface area (Å²) in [6.07, 6.45) is 0. The van der Waals surface area contributed by atoms with Gasteiger partial charge in [0.05, 0.1) is 33.1 Å². The van der Waals surface area contributed by atoms with Gasteiger partial charge in [-0.3, -0.25) is 0 Å². The standard InChI is InChI=1S/C54H35N3/c1-2-13-36(14-3-1)37-25-27-38(28-26-37)39-15-12-16-40(33-39)55-53-31-29-41(56-49-21-8-4-17-43(49)44-18-5-9-22-50(44)56)34-47(53)48-35-42(30-32-54(48)55)57-51-23-10-6-19-45(51)46-20-7-11-24-52(46)57/h1-35H. The van der Waals surface area contributed by atoms with E-state index in [1.807, 2.05) is 0 Å². The Hall–Kier alpha value is -7.62. The van der Waals surface area contributed by atoms with Crippen molar-refractivity contribution in [2.75, 3.05) is 0 Å². The van der Waals surface area contributed by atoms with Crippen LogP contribution >= 0.6 is 0 Å². The first-order valence-electron chi connectivity index (χ1n) is 19.6. The van der Waals surface area contributed by atoms with Crippen LogP contribution in [0.4, 0.5) is 0 Å². The van der Waals surface area contributed by atoms with Gasteiger partial charge in [0, 0.05) is 49.4 Å². The average Bonchev–Trinajstić information content (AvgIpc) is 3.92. The molecule has 0 saturated carbocycles. The lowest BCUT2D eigenvalue weighted by molar-refractivity contribution is 1.16. The maximum atomic E-state index is 2.44. The molecule has 0 spiro atoms. The Bertz CT molecular complexity index is 3230. The van der Waals surface area contributed by atoms with Crippen molar-refractivity contribution in [3.05, 3.63) is 212 Å². The van der Waals surface area contributed by atoms with Crippen LogP contribution < -0.4 is 0 Å². The zero-order valence-electron chi connectivity index (χ0n) is 31.0. The Morgan fingerprint density at radius 1 is 0.193 bits per heavy atom. The van der Waals surface area contributed by atoms with Gasteiger partial charge in [0.2, 0.25) is 0 Å². The van der Waals surface area contributed by atoms with Gasteiger partial charge in [0.1, 0.15) is 0 Å². The predicted molar refractivity (Wildman–Crippen MR) is 240 cm³/mol. The largest absolute Gasteiger partial charge is 0.309 e. The van der Waals surface area contributed by atoms with Gasteiger partial charge in [-0.15, -0.1) is 0 Å². The molecule has 0 unspecified atom stereocenters. The minimum atomic E-state index is 1.13. The van der Waals surface area contributed by atoms with Crippen LogP contribution in [-0.2, 0) is 0 Å². The molecule has 0 aliphatic heterocycles. The summed E-state index contributed by atoms with van der Waals surface area (Å²) in [4.78, 5) is 0. The second kappa shape index (κ2) is 12.5. The molecule has 9 aromatic carbocycles. The first-order chi connectivity index (χ1) is 28.3. The number of para-hydroxylation sites is 4. The maximum absolute atomic E-state index is 2.44. The van der Waals surface area contributed by atoms with Crippen molar-refractivity contribution < 1.29 is 0 Å². The van der Waals surface area contributed by atoms with E-state index < -0.39 is 0 Å².